The van der Waals surface area contributed by atoms with Crippen molar-refractivity contribution in [3.63, 3.8) is 0 Å². The molecular weight excluding hydrogens is 525 g/mol. The van der Waals surface area contributed by atoms with Crippen molar-refractivity contribution in [1.82, 2.24) is 30.3 Å². The van der Waals surface area contributed by atoms with E-state index in [1.165, 1.54) is 4.88 Å². The summed E-state index contributed by atoms with van der Waals surface area (Å²) < 4.78 is 7.52. The highest BCUT2D eigenvalue weighted by Crippen LogP contribution is 2.12. The van der Waals surface area contributed by atoms with Crippen molar-refractivity contribution in [1.29, 1.82) is 0 Å². The van der Waals surface area contributed by atoms with Crippen molar-refractivity contribution < 1.29 is 4.74 Å². The summed E-state index contributed by atoms with van der Waals surface area (Å²) in [6.07, 6.45) is 0.985. The first-order valence-electron chi connectivity index (χ1n) is 10.8. The van der Waals surface area contributed by atoms with Crippen LogP contribution in [0.15, 0.2) is 22.5 Å². The minimum atomic E-state index is 0. The second kappa shape index (κ2) is 13.3. The van der Waals surface area contributed by atoms with Crippen molar-refractivity contribution in [3.05, 3.63) is 34.0 Å². The maximum atomic E-state index is 5.53. The largest absolute Gasteiger partial charge is 0.379 e. The Balaban J connectivity index is 0.00000341. The number of ether oxygens (including phenoxy) is 1. The van der Waals surface area contributed by atoms with Gasteiger partial charge >= 0.3 is 0 Å². The van der Waals surface area contributed by atoms with Gasteiger partial charge in [0, 0.05) is 44.1 Å². The van der Waals surface area contributed by atoms with E-state index in [9.17, 15) is 0 Å². The molecule has 2 N–H and O–H groups in total. The monoisotopic (exact) mass is 561 g/mol. The van der Waals surface area contributed by atoms with Crippen LogP contribution in [0.1, 0.15) is 30.4 Å². The topological polar surface area (TPSA) is 79.6 Å². The molecule has 0 aromatic carbocycles. The van der Waals surface area contributed by atoms with Gasteiger partial charge in [-0.15, -0.1) is 45.5 Å². The molecule has 1 atom stereocenters. The molecule has 1 fully saturated rings. The van der Waals surface area contributed by atoms with Crippen LogP contribution in [0.4, 0.5) is 0 Å². The summed E-state index contributed by atoms with van der Waals surface area (Å²) in [7, 11) is 1.98. The Morgan fingerprint density at radius 1 is 1.26 bits per heavy atom. The first kappa shape index (κ1) is 26.0. The van der Waals surface area contributed by atoms with E-state index in [4.69, 9.17) is 9.73 Å². The Bertz CT molecular complexity index is 788. The van der Waals surface area contributed by atoms with Crippen LogP contribution in [0, 0.1) is 12.8 Å². The molecule has 0 amide bonds. The van der Waals surface area contributed by atoms with Crippen LogP contribution >= 0.6 is 35.3 Å². The van der Waals surface area contributed by atoms with Gasteiger partial charge in [0.1, 0.15) is 12.4 Å². The summed E-state index contributed by atoms with van der Waals surface area (Å²) in [5, 5.41) is 17.6. The minimum Gasteiger partial charge on any atom is -0.379 e. The van der Waals surface area contributed by atoms with E-state index < -0.39 is 0 Å². The number of guanidine groups is 1. The number of aliphatic imine (C=N–C) groups is 1. The summed E-state index contributed by atoms with van der Waals surface area (Å²) in [5.41, 5.74) is 0. The SMILES string of the molecule is Cc1nnc(CN=C(NCCc2cccs2)NCC(C(C)C)N2CCOCC2)n1C.I. The van der Waals surface area contributed by atoms with Gasteiger partial charge in [-0.1, -0.05) is 19.9 Å². The van der Waals surface area contributed by atoms with Gasteiger partial charge in [-0.05, 0) is 30.7 Å². The molecule has 1 unspecified atom stereocenters. The van der Waals surface area contributed by atoms with Crippen LogP contribution < -0.4 is 10.6 Å². The van der Waals surface area contributed by atoms with Gasteiger partial charge in [0.25, 0.3) is 0 Å². The van der Waals surface area contributed by atoms with E-state index in [2.05, 4.69) is 57.1 Å². The van der Waals surface area contributed by atoms with Crippen LogP contribution in [0.2, 0.25) is 0 Å². The lowest BCUT2D eigenvalue weighted by Gasteiger charge is -2.37. The lowest BCUT2D eigenvalue weighted by atomic mass is 10.0. The number of nitrogens with zero attached hydrogens (tertiary/aromatic N) is 5. The molecule has 174 valence electrons. The van der Waals surface area contributed by atoms with E-state index in [-0.39, 0.29) is 24.0 Å². The van der Waals surface area contributed by atoms with Crippen molar-refractivity contribution in [2.45, 2.75) is 39.8 Å². The molecule has 0 spiro atoms. The smallest absolute Gasteiger partial charge is 0.191 e. The number of aromatic nitrogens is 3. The Morgan fingerprint density at radius 2 is 2.03 bits per heavy atom. The fourth-order valence-corrected chi connectivity index (χ4v) is 4.28. The Morgan fingerprint density at radius 3 is 2.65 bits per heavy atom. The molecule has 1 aliphatic heterocycles. The first-order chi connectivity index (χ1) is 14.5. The summed E-state index contributed by atoms with van der Waals surface area (Å²) in [4.78, 5) is 8.69. The molecule has 1 aliphatic rings. The van der Waals surface area contributed by atoms with Crippen molar-refractivity contribution >= 4 is 41.3 Å². The van der Waals surface area contributed by atoms with Gasteiger partial charge in [0.2, 0.25) is 0 Å². The van der Waals surface area contributed by atoms with E-state index >= 15 is 0 Å². The average Bonchev–Trinajstić information content (AvgIpc) is 3.37. The molecule has 0 saturated carbocycles. The second-order valence-electron chi connectivity index (χ2n) is 7.98. The molecule has 0 bridgehead atoms. The maximum absolute atomic E-state index is 5.53. The molecule has 3 heterocycles. The fourth-order valence-electron chi connectivity index (χ4n) is 3.57. The number of hydrogen-bond donors (Lipinski definition) is 2. The number of rotatable bonds is 9. The van der Waals surface area contributed by atoms with E-state index in [0.29, 0.717) is 18.5 Å². The highest BCUT2D eigenvalue weighted by molar-refractivity contribution is 14.0. The predicted octanol–water partition coefficient (Wildman–Crippen LogP) is 2.44. The van der Waals surface area contributed by atoms with Crippen molar-refractivity contribution in [2.24, 2.45) is 18.0 Å². The van der Waals surface area contributed by atoms with E-state index in [1.807, 2.05) is 18.5 Å². The normalized spacial score (nSPS) is 16.2. The summed E-state index contributed by atoms with van der Waals surface area (Å²) in [6, 6.07) is 4.71. The quantitative estimate of drug-likeness (QED) is 0.278. The van der Waals surface area contributed by atoms with Crippen LogP contribution in [-0.2, 0) is 24.8 Å². The molecule has 0 aliphatic carbocycles. The highest BCUT2D eigenvalue weighted by atomic mass is 127. The lowest BCUT2D eigenvalue weighted by Crippen LogP contribution is -2.52. The Labute approximate surface area is 206 Å². The maximum Gasteiger partial charge on any atom is 0.191 e. The van der Waals surface area contributed by atoms with E-state index in [0.717, 1.165) is 63.4 Å². The molecule has 1 saturated heterocycles. The number of morpholine rings is 1. The molecule has 31 heavy (non-hydrogen) atoms. The number of aryl methyl sites for hydroxylation is 1. The number of nitrogens with one attached hydrogen (secondary N) is 2. The van der Waals surface area contributed by atoms with Gasteiger partial charge < -0.3 is 19.9 Å². The molecule has 2 aromatic heterocycles. The van der Waals surface area contributed by atoms with Gasteiger partial charge in [0.05, 0.1) is 13.2 Å². The number of thiophene rings is 1. The lowest BCUT2D eigenvalue weighted by molar-refractivity contribution is 0.00752. The van der Waals surface area contributed by atoms with Crippen molar-refractivity contribution in [3.8, 4) is 0 Å². The zero-order valence-corrected chi connectivity index (χ0v) is 22.2. The summed E-state index contributed by atoms with van der Waals surface area (Å²) >= 11 is 1.79. The Kier molecular flexibility index (Phi) is 11.2. The predicted molar refractivity (Wildman–Crippen MR) is 137 cm³/mol. The van der Waals surface area contributed by atoms with Crippen LogP contribution in [-0.4, -0.2) is 71.1 Å². The molecule has 8 nitrogen and oxygen atoms in total. The van der Waals surface area contributed by atoms with Gasteiger partial charge in [0.15, 0.2) is 11.8 Å². The third kappa shape index (κ3) is 7.99. The zero-order valence-electron chi connectivity index (χ0n) is 19.0. The number of hydrogen-bond acceptors (Lipinski definition) is 6. The molecule has 0 radical (unpaired) electrons. The molecular formula is C21H36IN7OS. The Hall–Kier alpha value is -1.24. The van der Waals surface area contributed by atoms with Gasteiger partial charge in [-0.3, -0.25) is 4.90 Å². The van der Waals surface area contributed by atoms with Crippen LogP contribution in [0.3, 0.4) is 0 Å². The number of halogens is 1. The van der Waals surface area contributed by atoms with Gasteiger partial charge in [-0.2, -0.15) is 0 Å². The average molecular weight is 562 g/mol. The summed E-state index contributed by atoms with van der Waals surface area (Å²) in [5.74, 6) is 3.13. The second-order valence-corrected chi connectivity index (χ2v) is 9.02. The van der Waals surface area contributed by atoms with Crippen molar-refractivity contribution in [2.75, 3.05) is 39.4 Å². The fraction of sp³-hybridized carbons (Fsp3) is 0.667. The highest BCUT2D eigenvalue weighted by Gasteiger charge is 2.24. The first-order valence-corrected chi connectivity index (χ1v) is 11.6. The minimum absolute atomic E-state index is 0. The van der Waals surface area contributed by atoms with Crippen LogP contribution in [0.5, 0.6) is 0 Å². The van der Waals surface area contributed by atoms with Gasteiger partial charge in [-0.25, -0.2) is 4.99 Å². The summed E-state index contributed by atoms with van der Waals surface area (Å²) in [6.45, 7) is 12.3. The third-order valence-electron chi connectivity index (χ3n) is 5.57. The molecule has 2 aromatic rings. The molecule has 10 heteroatoms. The standard InChI is InChI=1S/C21H35N7OS.HI/c1-16(2)19(28-9-11-29-12-10-28)14-23-21(22-8-7-18-6-5-13-30-18)24-15-20-26-25-17(3)27(20)4;/h5-6,13,16,19H,7-12,14-15H2,1-4H3,(H2,22,23,24);1H. The molecule has 3 rings (SSSR count). The van der Waals surface area contributed by atoms with E-state index in [1.54, 1.807) is 11.3 Å². The third-order valence-corrected chi connectivity index (χ3v) is 6.50. The zero-order chi connectivity index (χ0) is 21.3. The van der Waals surface area contributed by atoms with Crippen LogP contribution in [0.25, 0.3) is 0 Å².